The van der Waals surface area contributed by atoms with Crippen LogP contribution in [-0.4, -0.2) is 11.5 Å². The maximum atomic E-state index is 12.5. The SMILES string of the molecule is Cc1ccc2c(c1)[C@H](NC(=O)c1cc(=O)cc(C)o1)CC(C)(C)O2. The van der Waals surface area contributed by atoms with E-state index in [1.165, 1.54) is 12.1 Å². The van der Waals surface area contributed by atoms with Crippen molar-refractivity contribution in [1.29, 1.82) is 0 Å². The summed E-state index contributed by atoms with van der Waals surface area (Å²) in [7, 11) is 0. The van der Waals surface area contributed by atoms with E-state index in [0.29, 0.717) is 12.2 Å². The molecule has 0 unspecified atom stereocenters. The average Bonchev–Trinajstić information content (AvgIpc) is 2.46. The Morgan fingerprint density at radius 1 is 1.21 bits per heavy atom. The molecule has 0 bridgehead atoms. The van der Waals surface area contributed by atoms with Gasteiger partial charge in [-0.1, -0.05) is 17.7 Å². The number of hydrogen-bond donors (Lipinski definition) is 1. The monoisotopic (exact) mass is 327 g/mol. The van der Waals surface area contributed by atoms with Crippen molar-refractivity contribution in [2.75, 3.05) is 0 Å². The van der Waals surface area contributed by atoms with Gasteiger partial charge >= 0.3 is 0 Å². The van der Waals surface area contributed by atoms with E-state index in [0.717, 1.165) is 16.9 Å². The molecule has 0 spiro atoms. The summed E-state index contributed by atoms with van der Waals surface area (Å²) in [5.74, 6) is 0.813. The molecule has 1 aliphatic heterocycles. The molecule has 126 valence electrons. The van der Waals surface area contributed by atoms with E-state index in [1.807, 2.05) is 39.0 Å². The number of aryl methyl sites for hydroxylation is 2. The standard InChI is InChI=1S/C19H21NO4/c1-11-5-6-16-14(7-11)15(10-19(3,4)24-16)20-18(22)17-9-13(21)8-12(2)23-17/h5-9,15H,10H2,1-4H3,(H,20,22)/t15-/m1/s1. The molecule has 24 heavy (non-hydrogen) atoms. The molecular formula is C19H21NO4. The number of carbonyl (C=O) groups excluding carboxylic acids is 1. The summed E-state index contributed by atoms with van der Waals surface area (Å²) >= 11 is 0. The largest absolute Gasteiger partial charge is 0.487 e. The van der Waals surface area contributed by atoms with Gasteiger partial charge in [-0.2, -0.15) is 0 Å². The maximum absolute atomic E-state index is 12.5. The quantitative estimate of drug-likeness (QED) is 0.919. The lowest BCUT2D eigenvalue weighted by Gasteiger charge is -2.38. The minimum atomic E-state index is -0.397. The van der Waals surface area contributed by atoms with Gasteiger partial charge in [-0.15, -0.1) is 0 Å². The van der Waals surface area contributed by atoms with Crippen molar-refractivity contribution in [3.05, 3.63) is 63.2 Å². The summed E-state index contributed by atoms with van der Waals surface area (Å²) in [6.45, 7) is 7.62. The molecule has 2 aromatic rings. The molecule has 1 amide bonds. The Morgan fingerprint density at radius 3 is 2.67 bits per heavy atom. The van der Waals surface area contributed by atoms with E-state index in [9.17, 15) is 9.59 Å². The molecule has 1 atom stereocenters. The summed E-state index contributed by atoms with van der Waals surface area (Å²) in [5.41, 5.74) is 1.40. The highest BCUT2D eigenvalue weighted by molar-refractivity contribution is 5.91. The number of carbonyl (C=O) groups is 1. The van der Waals surface area contributed by atoms with Gasteiger partial charge in [-0.25, -0.2) is 0 Å². The van der Waals surface area contributed by atoms with Gasteiger partial charge in [-0.3, -0.25) is 9.59 Å². The van der Waals surface area contributed by atoms with Crippen LogP contribution < -0.4 is 15.5 Å². The molecule has 5 nitrogen and oxygen atoms in total. The van der Waals surface area contributed by atoms with Crippen LogP contribution in [0.3, 0.4) is 0 Å². The van der Waals surface area contributed by atoms with Crippen molar-refractivity contribution in [2.24, 2.45) is 0 Å². The van der Waals surface area contributed by atoms with Crippen LogP contribution in [0.5, 0.6) is 5.75 Å². The summed E-state index contributed by atoms with van der Waals surface area (Å²) in [6.07, 6.45) is 0.630. The minimum absolute atomic E-state index is 0.0264. The maximum Gasteiger partial charge on any atom is 0.287 e. The summed E-state index contributed by atoms with van der Waals surface area (Å²) in [5, 5.41) is 2.98. The average molecular weight is 327 g/mol. The van der Waals surface area contributed by atoms with Crippen LogP contribution in [0, 0.1) is 13.8 Å². The predicted molar refractivity (Wildman–Crippen MR) is 90.4 cm³/mol. The van der Waals surface area contributed by atoms with Crippen LogP contribution in [0.2, 0.25) is 0 Å². The van der Waals surface area contributed by atoms with Gasteiger partial charge < -0.3 is 14.5 Å². The molecular weight excluding hydrogens is 306 g/mol. The summed E-state index contributed by atoms with van der Waals surface area (Å²) < 4.78 is 11.4. The predicted octanol–water partition coefficient (Wildman–Crippen LogP) is 3.29. The minimum Gasteiger partial charge on any atom is -0.487 e. The number of hydrogen-bond acceptors (Lipinski definition) is 4. The van der Waals surface area contributed by atoms with Crippen molar-refractivity contribution in [3.8, 4) is 5.75 Å². The Hall–Kier alpha value is -2.56. The smallest absolute Gasteiger partial charge is 0.287 e. The molecule has 5 heteroatoms. The second-order valence-electron chi connectivity index (χ2n) is 6.90. The molecule has 1 aromatic carbocycles. The van der Waals surface area contributed by atoms with E-state index in [-0.39, 0.29) is 17.2 Å². The molecule has 1 N–H and O–H groups in total. The van der Waals surface area contributed by atoms with Crippen molar-refractivity contribution in [3.63, 3.8) is 0 Å². The van der Waals surface area contributed by atoms with E-state index < -0.39 is 11.5 Å². The van der Waals surface area contributed by atoms with Gasteiger partial charge in [0, 0.05) is 24.1 Å². The lowest BCUT2D eigenvalue weighted by molar-refractivity contribution is 0.0609. The number of amides is 1. The van der Waals surface area contributed by atoms with Crippen molar-refractivity contribution in [2.45, 2.75) is 45.8 Å². The number of nitrogens with one attached hydrogen (secondary N) is 1. The molecule has 0 aliphatic carbocycles. The highest BCUT2D eigenvalue weighted by Crippen LogP contribution is 2.39. The fraction of sp³-hybridized carbons (Fsp3) is 0.368. The Labute approximate surface area is 140 Å². The van der Waals surface area contributed by atoms with E-state index in [2.05, 4.69) is 5.32 Å². The summed E-state index contributed by atoms with van der Waals surface area (Å²) in [4.78, 5) is 24.1. The Balaban J connectivity index is 1.93. The topological polar surface area (TPSA) is 68.5 Å². The normalized spacial score (nSPS) is 18.4. The van der Waals surface area contributed by atoms with Gasteiger partial charge in [0.05, 0.1) is 6.04 Å². The zero-order chi connectivity index (χ0) is 17.5. The Bertz CT molecular complexity index is 851. The first-order valence-corrected chi connectivity index (χ1v) is 7.96. The second kappa shape index (κ2) is 5.82. The first-order valence-electron chi connectivity index (χ1n) is 7.96. The first kappa shape index (κ1) is 16.3. The Morgan fingerprint density at radius 2 is 1.96 bits per heavy atom. The van der Waals surface area contributed by atoms with Crippen molar-refractivity contribution in [1.82, 2.24) is 5.32 Å². The van der Waals surface area contributed by atoms with Gasteiger partial charge in [-0.05, 0) is 33.8 Å². The van der Waals surface area contributed by atoms with Crippen LogP contribution in [0.4, 0.5) is 0 Å². The van der Waals surface area contributed by atoms with Crippen molar-refractivity contribution < 1.29 is 13.9 Å². The Kier molecular flexibility index (Phi) is 3.95. The van der Waals surface area contributed by atoms with E-state index >= 15 is 0 Å². The van der Waals surface area contributed by atoms with Crippen LogP contribution in [0.25, 0.3) is 0 Å². The molecule has 3 rings (SSSR count). The highest BCUT2D eigenvalue weighted by Gasteiger charge is 2.35. The van der Waals surface area contributed by atoms with Crippen LogP contribution in [0.1, 0.15) is 53.8 Å². The zero-order valence-corrected chi connectivity index (χ0v) is 14.3. The molecule has 0 fully saturated rings. The van der Waals surface area contributed by atoms with Gasteiger partial charge in [0.2, 0.25) is 0 Å². The number of benzene rings is 1. The zero-order valence-electron chi connectivity index (χ0n) is 14.3. The van der Waals surface area contributed by atoms with Crippen LogP contribution in [-0.2, 0) is 0 Å². The first-order chi connectivity index (χ1) is 11.2. The van der Waals surface area contributed by atoms with Gasteiger partial charge in [0.15, 0.2) is 11.2 Å². The fourth-order valence-electron chi connectivity index (χ4n) is 3.05. The highest BCUT2D eigenvalue weighted by atomic mass is 16.5. The number of ether oxygens (including phenoxy) is 1. The molecule has 0 saturated heterocycles. The lowest BCUT2D eigenvalue weighted by atomic mass is 9.89. The molecule has 1 aliphatic rings. The number of fused-ring (bicyclic) bond motifs is 1. The fourth-order valence-corrected chi connectivity index (χ4v) is 3.05. The molecule has 1 aromatic heterocycles. The van der Waals surface area contributed by atoms with Crippen LogP contribution in [0.15, 0.2) is 39.5 Å². The van der Waals surface area contributed by atoms with Gasteiger partial charge in [0.1, 0.15) is 17.1 Å². The van der Waals surface area contributed by atoms with Gasteiger partial charge in [0.25, 0.3) is 5.91 Å². The van der Waals surface area contributed by atoms with Crippen molar-refractivity contribution >= 4 is 5.91 Å². The van der Waals surface area contributed by atoms with E-state index in [1.54, 1.807) is 6.92 Å². The number of rotatable bonds is 2. The summed E-state index contributed by atoms with van der Waals surface area (Å²) in [6, 6.07) is 8.29. The molecule has 2 heterocycles. The third-order valence-electron chi connectivity index (χ3n) is 4.04. The second-order valence-corrected chi connectivity index (χ2v) is 6.90. The third kappa shape index (κ3) is 3.35. The lowest BCUT2D eigenvalue weighted by Crippen LogP contribution is -2.41. The molecule has 0 radical (unpaired) electrons. The van der Waals surface area contributed by atoms with Crippen LogP contribution >= 0.6 is 0 Å². The molecule has 0 saturated carbocycles. The third-order valence-corrected chi connectivity index (χ3v) is 4.04. The van der Waals surface area contributed by atoms with E-state index in [4.69, 9.17) is 9.15 Å².